The number of ether oxygens (including phenoxy) is 3. The lowest BCUT2D eigenvalue weighted by atomic mass is 9.79. The van der Waals surface area contributed by atoms with Crippen molar-refractivity contribution in [2.24, 2.45) is 11.8 Å². The Morgan fingerprint density at radius 2 is 0.642 bits per heavy atom. The largest absolute Gasteiger partial charge is 0.387 e. The number of ketones is 2. The Morgan fingerprint density at radius 3 is 0.906 bits per heavy atom. The van der Waals surface area contributed by atoms with Crippen molar-refractivity contribution in [3.8, 4) is 0 Å². The van der Waals surface area contributed by atoms with Gasteiger partial charge >= 0.3 is 23.9 Å². The average molecular weight is 747 g/mol. The third-order valence-electron chi connectivity index (χ3n) is 11.1. The van der Waals surface area contributed by atoms with Gasteiger partial charge in [0.15, 0.2) is 0 Å². The molecule has 0 spiro atoms. The van der Waals surface area contributed by atoms with Crippen LogP contribution >= 0.6 is 0 Å². The Hall–Kier alpha value is -2.42. The summed E-state index contributed by atoms with van der Waals surface area (Å²) in [6.45, 7) is 4.48. The van der Waals surface area contributed by atoms with E-state index in [1.165, 1.54) is 128 Å². The number of carbonyl (C=O) groups is 6. The van der Waals surface area contributed by atoms with Crippen LogP contribution in [0.3, 0.4) is 0 Å². The van der Waals surface area contributed by atoms with Crippen LogP contribution in [0.25, 0.3) is 0 Å². The first-order valence-corrected chi connectivity index (χ1v) is 22.0. The summed E-state index contributed by atoms with van der Waals surface area (Å²) < 4.78 is 15.3. The maximum absolute atomic E-state index is 13.0. The first-order valence-electron chi connectivity index (χ1n) is 22.0. The van der Waals surface area contributed by atoms with Crippen LogP contribution in [0.5, 0.6) is 0 Å². The molecule has 0 bridgehead atoms. The summed E-state index contributed by atoms with van der Waals surface area (Å²) in [6, 6.07) is 0. The molecule has 0 aromatic heterocycles. The second-order valence-corrected chi connectivity index (χ2v) is 15.9. The van der Waals surface area contributed by atoms with Gasteiger partial charge in [-0.3, -0.25) is 19.2 Å². The highest BCUT2D eigenvalue weighted by molar-refractivity contribution is 6.35. The van der Waals surface area contributed by atoms with Gasteiger partial charge in [-0.15, -0.1) is 0 Å². The number of hydrogen-bond donors (Lipinski definition) is 0. The molecule has 9 heteroatoms. The highest BCUT2D eigenvalue weighted by Gasteiger charge is 2.54. The van der Waals surface area contributed by atoms with Crippen LogP contribution in [0.1, 0.15) is 219 Å². The van der Waals surface area contributed by atoms with Crippen molar-refractivity contribution in [3.05, 3.63) is 0 Å². The quantitative estimate of drug-likeness (QED) is 0.0207. The Kier molecular flexibility index (Phi) is 26.3. The predicted octanol–water partition coefficient (Wildman–Crippen LogP) is 10.8. The molecule has 1 heterocycles. The van der Waals surface area contributed by atoms with Gasteiger partial charge in [0.05, 0.1) is 24.0 Å². The van der Waals surface area contributed by atoms with Gasteiger partial charge in [-0.2, -0.15) is 0 Å². The fourth-order valence-electron chi connectivity index (χ4n) is 7.56. The van der Waals surface area contributed by atoms with Crippen molar-refractivity contribution in [3.63, 3.8) is 0 Å². The van der Waals surface area contributed by atoms with Crippen molar-refractivity contribution in [2.45, 2.75) is 232 Å². The fraction of sp³-hybridized carbons (Fsp3) is 0.864. The fourth-order valence-corrected chi connectivity index (χ4v) is 7.56. The van der Waals surface area contributed by atoms with Gasteiger partial charge < -0.3 is 14.2 Å². The molecule has 4 atom stereocenters. The van der Waals surface area contributed by atoms with Crippen LogP contribution in [0.15, 0.2) is 0 Å². The van der Waals surface area contributed by atoms with E-state index in [-0.39, 0.29) is 37.9 Å². The van der Waals surface area contributed by atoms with E-state index in [0.29, 0.717) is 12.8 Å². The Balaban J connectivity index is 1.56. The first-order chi connectivity index (χ1) is 25.8. The van der Waals surface area contributed by atoms with Crippen molar-refractivity contribution >= 4 is 35.4 Å². The van der Waals surface area contributed by atoms with E-state index in [1.54, 1.807) is 0 Å². The minimum atomic E-state index is -1.23. The molecule has 1 aliphatic carbocycles. The normalized spacial score (nSPS) is 19.0. The number of epoxide rings is 1. The molecular formula is C44H74O9. The Labute approximate surface area is 321 Å². The molecule has 0 N–H and O–H groups in total. The zero-order valence-corrected chi connectivity index (χ0v) is 33.6. The summed E-state index contributed by atoms with van der Waals surface area (Å²) in [6.07, 6.45) is 32.6. The van der Waals surface area contributed by atoms with E-state index >= 15 is 0 Å². The minimum Gasteiger partial charge on any atom is -0.387 e. The summed E-state index contributed by atoms with van der Waals surface area (Å²) >= 11 is 0. The molecule has 0 aromatic carbocycles. The number of rotatable bonds is 34. The topological polar surface area (TPSA) is 133 Å². The smallest absolute Gasteiger partial charge is 0.382 e. The number of Topliss-reactive ketones (excluding diaryl/α,β-unsaturated/α-hetero) is 2. The number of carbonyl (C=O) groups excluding carboxylic acids is 6. The Morgan fingerprint density at radius 1 is 0.396 bits per heavy atom. The summed E-state index contributed by atoms with van der Waals surface area (Å²) in [5, 5.41) is 0. The molecule has 0 aromatic rings. The molecule has 2 aliphatic rings. The second-order valence-electron chi connectivity index (χ2n) is 15.9. The van der Waals surface area contributed by atoms with Gasteiger partial charge in [-0.05, 0) is 25.7 Å². The van der Waals surface area contributed by atoms with Crippen LogP contribution in [-0.4, -0.2) is 47.7 Å². The molecule has 2 rings (SSSR count). The molecule has 4 unspecified atom stereocenters. The van der Waals surface area contributed by atoms with Crippen LogP contribution in [0.2, 0.25) is 0 Å². The minimum absolute atomic E-state index is 0.00398. The van der Waals surface area contributed by atoms with Crippen LogP contribution in [0, 0.1) is 11.8 Å². The molecular weight excluding hydrogens is 672 g/mol. The highest BCUT2D eigenvalue weighted by atomic mass is 16.6. The Bertz CT molecular complexity index is 987. The summed E-state index contributed by atoms with van der Waals surface area (Å²) in [7, 11) is 0. The van der Waals surface area contributed by atoms with E-state index in [1.807, 2.05) is 0 Å². The van der Waals surface area contributed by atoms with Gasteiger partial charge in [0.25, 0.3) is 0 Å². The predicted molar refractivity (Wildman–Crippen MR) is 207 cm³/mol. The van der Waals surface area contributed by atoms with Crippen LogP contribution < -0.4 is 0 Å². The van der Waals surface area contributed by atoms with Crippen molar-refractivity contribution in [2.75, 3.05) is 0 Å². The lowest BCUT2D eigenvalue weighted by Gasteiger charge is -2.25. The van der Waals surface area contributed by atoms with Crippen LogP contribution in [0.4, 0.5) is 0 Å². The zero-order chi connectivity index (χ0) is 38.5. The SMILES string of the molecule is CCCCCCCCCCCCCCCCC(=O)C(=O)OC(=O)C1CC2OC2CC1C(=O)OC(=O)C(=O)CCCCCCCCCCCCCCCC. The van der Waals surface area contributed by atoms with Crippen molar-refractivity contribution in [1.82, 2.24) is 0 Å². The molecule has 1 saturated heterocycles. The summed E-state index contributed by atoms with van der Waals surface area (Å²) in [5.41, 5.74) is 0. The summed E-state index contributed by atoms with van der Waals surface area (Å²) in [5.74, 6) is -8.18. The second kappa shape index (κ2) is 29.9. The van der Waals surface area contributed by atoms with Gasteiger partial charge in [-0.25, -0.2) is 9.59 Å². The number of fused-ring (bicyclic) bond motifs is 1. The highest BCUT2D eigenvalue weighted by Crippen LogP contribution is 2.44. The maximum Gasteiger partial charge on any atom is 0.382 e. The van der Waals surface area contributed by atoms with E-state index in [2.05, 4.69) is 13.8 Å². The average Bonchev–Trinajstić information content (AvgIpc) is 3.93. The van der Waals surface area contributed by atoms with Gasteiger partial charge in [0.1, 0.15) is 0 Å². The van der Waals surface area contributed by atoms with Gasteiger partial charge in [0, 0.05) is 12.8 Å². The van der Waals surface area contributed by atoms with E-state index in [9.17, 15) is 28.8 Å². The monoisotopic (exact) mass is 747 g/mol. The molecule has 9 nitrogen and oxygen atoms in total. The maximum atomic E-state index is 13.0. The summed E-state index contributed by atoms with van der Waals surface area (Å²) in [4.78, 5) is 75.6. The molecule has 1 aliphatic heterocycles. The molecule has 0 amide bonds. The van der Waals surface area contributed by atoms with E-state index in [4.69, 9.17) is 14.2 Å². The first kappa shape index (κ1) is 46.7. The molecule has 2 fully saturated rings. The lowest BCUT2D eigenvalue weighted by molar-refractivity contribution is -0.175. The number of unbranched alkanes of at least 4 members (excludes halogenated alkanes) is 26. The lowest BCUT2D eigenvalue weighted by Crippen LogP contribution is -2.40. The van der Waals surface area contributed by atoms with E-state index < -0.39 is 47.3 Å². The third-order valence-corrected chi connectivity index (χ3v) is 11.1. The number of hydrogen-bond acceptors (Lipinski definition) is 9. The standard InChI is InChI=1S/C44H74O9/c1-3-5-7-9-11-13-15-17-19-21-23-25-27-29-31-37(45)43(49)52-41(47)35-33-39-40(51-39)34-36(35)42(48)53-44(50)38(46)32-30-28-26-24-22-20-18-16-14-12-10-8-6-4-2/h35-36,39-40H,3-34H2,1-2H3. The van der Waals surface area contributed by atoms with Crippen LogP contribution in [-0.2, 0) is 43.0 Å². The van der Waals surface area contributed by atoms with Crippen molar-refractivity contribution in [1.29, 1.82) is 0 Å². The zero-order valence-electron chi connectivity index (χ0n) is 33.6. The number of esters is 4. The molecule has 1 saturated carbocycles. The molecule has 304 valence electrons. The van der Waals surface area contributed by atoms with Crippen molar-refractivity contribution < 1.29 is 43.0 Å². The molecule has 0 radical (unpaired) electrons. The third kappa shape index (κ3) is 21.9. The van der Waals surface area contributed by atoms with E-state index in [0.717, 1.165) is 38.5 Å². The van der Waals surface area contributed by atoms with Gasteiger partial charge in [0.2, 0.25) is 11.6 Å². The molecule has 53 heavy (non-hydrogen) atoms. The van der Waals surface area contributed by atoms with Gasteiger partial charge in [-0.1, -0.05) is 181 Å².